The predicted octanol–water partition coefficient (Wildman–Crippen LogP) is 1.97. The fourth-order valence-electron chi connectivity index (χ4n) is 5.14. The number of imidazole rings is 1. The Morgan fingerprint density at radius 3 is 2.39 bits per heavy atom. The molecule has 2 fully saturated rings. The number of ether oxygens (including phenoxy) is 1. The van der Waals surface area contributed by atoms with E-state index in [2.05, 4.69) is 9.88 Å². The summed E-state index contributed by atoms with van der Waals surface area (Å²) in [6.45, 7) is 7.23. The van der Waals surface area contributed by atoms with E-state index in [0.717, 1.165) is 0 Å². The highest BCUT2D eigenvalue weighted by atomic mass is 19.3. The highest BCUT2D eigenvalue weighted by Gasteiger charge is 2.34. The molecule has 1 aromatic carbocycles. The zero-order valence-electron chi connectivity index (χ0n) is 20.3. The van der Waals surface area contributed by atoms with E-state index in [-0.39, 0.29) is 30.4 Å². The molecule has 0 saturated carbocycles. The minimum atomic E-state index is -2.78. The van der Waals surface area contributed by atoms with E-state index in [0.29, 0.717) is 68.0 Å². The van der Waals surface area contributed by atoms with E-state index < -0.39 is 6.43 Å². The van der Waals surface area contributed by atoms with Crippen molar-refractivity contribution in [3.63, 3.8) is 0 Å². The second kappa shape index (κ2) is 9.94. The molecule has 10 nitrogen and oxygen atoms in total. The first-order chi connectivity index (χ1) is 17.4. The van der Waals surface area contributed by atoms with Crippen molar-refractivity contribution in [3.05, 3.63) is 36.2 Å². The van der Waals surface area contributed by atoms with Crippen molar-refractivity contribution in [2.45, 2.75) is 32.4 Å². The molecule has 0 bridgehead atoms. The fraction of sp³-hybridized carbons (Fsp3) is 0.500. The maximum Gasteiger partial charge on any atom is 0.296 e. The summed E-state index contributed by atoms with van der Waals surface area (Å²) in [6, 6.07) is 8.52. The Bertz CT molecular complexity index is 1230. The van der Waals surface area contributed by atoms with E-state index in [9.17, 15) is 13.6 Å². The molecule has 2 aromatic heterocycles. The standard InChI is InChI=1S/C24H30F2N8O2/c1-15-13-32(14-16(2)33(15)21(35)12-27)24-29-19(31-7-9-36-10-8-31)11-20(30-24)34-18-6-4-3-5-17(18)28-23(34)22(25)26/h3-6,11,15-16,22H,7-10,12-14,27H2,1-2H3. The van der Waals surface area contributed by atoms with Gasteiger partial charge in [-0.05, 0) is 26.0 Å². The Morgan fingerprint density at radius 2 is 1.72 bits per heavy atom. The number of halogens is 2. The molecule has 2 saturated heterocycles. The van der Waals surface area contributed by atoms with Crippen molar-refractivity contribution in [2.75, 3.05) is 55.7 Å². The molecule has 2 unspecified atom stereocenters. The molecule has 0 radical (unpaired) electrons. The minimum Gasteiger partial charge on any atom is -0.378 e. The van der Waals surface area contributed by atoms with Crippen molar-refractivity contribution >= 4 is 28.7 Å². The largest absolute Gasteiger partial charge is 0.378 e. The number of carbonyl (C=O) groups excluding carboxylic acids is 1. The van der Waals surface area contributed by atoms with Crippen LogP contribution >= 0.6 is 0 Å². The molecule has 12 heteroatoms. The maximum atomic E-state index is 14.1. The average Bonchev–Trinajstić information content (AvgIpc) is 3.28. The van der Waals surface area contributed by atoms with Crippen LogP contribution in [0.3, 0.4) is 0 Å². The quantitative estimate of drug-likeness (QED) is 0.567. The number of rotatable bonds is 5. The maximum absolute atomic E-state index is 14.1. The van der Waals surface area contributed by atoms with Crippen LogP contribution in [0.25, 0.3) is 16.9 Å². The molecular weight excluding hydrogens is 470 g/mol. The van der Waals surface area contributed by atoms with Gasteiger partial charge in [0.15, 0.2) is 5.82 Å². The van der Waals surface area contributed by atoms with Gasteiger partial charge in [0.1, 0.15) is 11.6 Å². The van der Waals surface area contributed by atoms with Gasteiger partial charge in [-0.1, -0.05) is 12.1 Å². The molecule has 0 spiro atoms. The number of alkyl halides is 2. The molecule has 4 heterocycles. The molecule has 2 aliphatic rings. The van der Waals surface area contributed by atoms with Crippen LogP contribution in [0.15, 0.2) is 30.3 Å². The van der Waals surface area contributed by atoms with Crippen molar-refractivity contribution in [1.82, 2.24) is 24.4 Å². The van der Waals surface area contributed by atoms with Crippen LogP contribution < -0.4 is 15.5 Å². The number of nitrogens with two attached hydrogens (primary N) is 1. The zero-order valence-corrected chi connectivity index (χ0v) is 20.3. The lowest BCUT2D eigenvalue weighted by molar-refractivity contribution is -0.134. The number of anilines is 2. The van der Waals surface area contributed by atoms with E-state index in [1.54, 1.807) is 35.2 Å². The Labute approximate surface area is 207 Å². The number of benzene rings is 1. The first-order valence-electron chi connectivity index (χ1n) is 12.1. The van der Waals surface area contributed by atoms with E-state index in [1.807, 2.05) is 18.7 Å². The number of fused-ring (bicyclic) bond motifs is 1. The first kappa shape index (κ1) is 24.3. The van der Waals surface area contributed by atoms with Gasteiger partial charge >= 0.3 is 0 Å². The lowest BCUT2D eigenvalue weighted by Gasteiger charge is -2.44. The first-order valence-corrected chi connectivity index (χ1v) is 12.1. The minimum absolute atomic E-state index is 0.0496. The van der Waals surface area contributed by atoms with Crippen LogP contribution in [-0.4, -0.2) is 88.3 Å². The summed E-state index contributed by atoms with van der Waals surface area (Å²) in [4.78, 5) is 32.0. The SMILES string of the molecule is CC1CN(c2nc(N3CCOCC3)cc(-n3c(C(F)F)nc4ccccc43)n2)CC(C)N1C(=O)CN. The number of carbonyl (C=O) groups is 1. The summed E-state index contributed by atoms with van der Waals surface area (Å²) in [7, 11) is 0. The third kappa shape index (κ3) is 4.46. The third-order valence-electron chi connectivity index (χ3n) is 6.70. The Kier molecular flexibility index (Phi) is 6.71. The number of amides is 1. The molecule has 5 rings (SSSR count). The normalized spacial score (nSPS) is 21.0. The number of hydrogen-bond donors (Lipinski definition) is 1. The van der Waals surface area contributed by atoms with E-state index in [1.165, 1.54) is 4.57 Å². The number of morpholine rings is 1. The lowest BCUT2D eigenvalue weighted by atomic mass is 10.1. The van der Waals surface area contributed by atoms with Crippen molar-refractivity contribution in [2.24, 2.45) is 5.73 Å². The van der Waals surface area contributed by atoms with Gasteiger partial charge in [0.2, 0.25) is 11.9 Å². The Balaban J connectivity index is 1.61. The molecule has 3 aromatic rings. The molecule has 36 heavy (non-hydrogen) atoms. The summed E-state index contributed by atoms with van der Waals surface area (Å²) in [5.74, 6) is 0.910. The van der Waals surface area contributed by atoms with E-state index >= 15 is 0 Å². The molecule has 192 valence electrons. The van der Waals surface area contributed by atoms with Crippen molar-refractivity contribution in [3.8, 4) is 5.82 Å². The number of nitrogens with zero attached hydrogens (tertiary/aromatic N) is 7. The van der Waals surface area contributed by atoms with Crippen LogP contribution in [0.4, 0.5) is 20.5 Å². The van der Waals surface area contributed by atoms with Gasteiger partial charge in [-0.15, -0.1) is 0 Å². The Hall–Kier alpha value is -3.38. The summed E-state index contributed by atoms with van der Waals surface area (Å²) < 4.78 is 35.1. The van der Waals surface area contributed by atoms with Crippen LogP contribution in [0.1, 0.15) is 26.1 Å². The topological polar surface area (TPSA) is 106 Å². The monoisotopic (exact) mass is 500 g/mol. The Morgan fingerprint density at radius 1 is 1.06 bits per heavy atom. The smallest absolute Gasteiger partial charge is 0.296 e. The van der Waals surface area contributed by atoms with Gasteiger partial charge in [-0.2, -0.15) is 9.97 Å². The van der Waals surface area contributed by atoms with Gasteiger partial charge in [0.05, 0.1) is 30.8 Å². The molecule has 2 aliphatic heterocycles. The fourth-order valence-corrected chi connectivity index (χ4v) is 5.14. The second-order valence-electron chi connectivity index (χ2n) is 9.19. The van der Waals surface area contributed by atoms with Crippen LogP contribution in [0, 0.1) is 0 Å². The van der Waals surface area contributed by atoms with Crippen molar-refractivity contribution < 1.29 is 18.3 Å². The second-order valence-corrected chi connectivity index (χ2v) is 9.19. The summed E-state index contributed by atoms with van der Waals surface area (Å²) in [5.41, 5.74) is 6.63. The van der Waals surface area contributed by atoms with Gasteiger partial charge in [0.25, 0.3) is 6.43 Å². The molecule has 2 atom stereocenters. The highest BCUT2D eigenvalue weighted by molar-refractivity contribution is 5.79. The van der Waals surface area contributed by atoms with Crippen LogP contribution in [-0.2, 0) is 9.53 Å². The van der Waals surface area contributed by atoms with Gasteiger partial charge in [-0.25, -0.2) is 13.8 Å². The van der Waals surface area contributed by atoms with Crippen LogP contribution in [0.2, 0.25) is 0 Å². The number of para-hydroxylation sites is 2. The molecule has 0 aliphatic carbocycles. The number of aromatic nitrogens is 4. The van der Waals surface area contributed by atoms with Crippen molar-refractivity contribution in [1.29, 1.82) is 0 Å². The average molecular weight is 501 g/mol. The summed E-state index contributed by atoms with van der Waals surface area (Å²) >= 11 is 0. The van der Waals surface area contributed by atoms with Gasteiger partial charge in [-0.3, -0.25) is 9.36 Å². The molecule has 1 amide bonds. The zero-order chi connectivity index (χ0) is 25.4. The number of hydrogen-bond acceptors (Lipinski definition) is 8. The molecule has 2 N–H and O–H groups in total. The van der Waals surface area contributed by atoms with Gasteiger partial charge < -0.3 is 25.2 Å². The lowest BCUT2D eigenvalue weighted by Crippen LogP contribution is -2.60. The third-order valence-corrected chi connectivity index (χ3v) is 6.70. The number of piperazine rings is 1. The van der Waals surface area contributed by atoms with Crippen LogP contribution in [0.5, 0.6) is 0 Å². The summed E-state index contributed by atoms with van der Waals surface area (Å²) in [6.07, 6.45) is -2.78. The van der Waals surface area contributed by atoms with E-state index in [4.69, 9.17) is 20.4 Å². The van der Waals surface area contributed by atoms with Gasteiger partial charge in [0, 0.05) is 44.3 Å². The summed E-state index contributed by atoms with van der Waals surface area (Å²) in [5, 5.41) is 0. The predicted molar refractivity (Wildman–Crippen MR) is 132 cm³/mol. The highest BCUT2D eigenvalue weighted by Crippen LogP contribution is 2.30. The molecular formula is C24H30F2N8O2.